The monoisotopic (exact) mass is 154 g/mol. The van der Waals surface area contributed by atoms with Crippen LogP contribution in [0.15, 0.2) is 0 Å². The van der Waals surface area contributed by atoms with Crippen LogP contribution in [0.25, 0.3) is 0 Å². The molecule has 0 aliphatic rings. The normalized spacial score (nSPS) is 7.80. The summed E-state index contributed by atoms with van der Waals surface area (Å²) in [4.78, 5) is 4.69. The molecule has 0 heterocycles. The molecule has 6 heteroatoms. The van der Waals surface area contributed by atoms with Gasteiger partial charge in [0.15, 0.2) is 0 Å². The summed E-state index contributed by atoms with van der Waals surface area (Å²) in [6.07, 6.45) is 0. The molecule has 0 aromatic heterocycles. The highest BCUT2D eigenvalue weighted by atomic mass is 16.6. The van der Waals surface area contributed by atoms with Crippen molar-refractivity contribution in [2.24, 2.45) is 5.73 Å². The van der Waals surface area contributed by atoms with E-state index >= 15 is 0 Å². The number of aliphatic hydroxyl groups excluding tert-OH is 1. The molecule has 0 bridgehead atoms. The van der Waals surface area contributed by atoms with E-state index in [0.717, 1.165) is 0 Å². The Morgan fingerprint density at radius 1 is 1.40 bits per heavy atom. The van der Waals surface area contributed by atoms with Gasteiger partial charge in [-0.05, 0) is 0 Å². The number of hydrogen-bond donors (Lipinski definition) is 5. The van der Waals surface area contributed by atoms with E-state index in [4.69, 9.17) is 10.8 Å². The van der Waals surface area contributed by atoms with Gasteiger partial charge in [0.2, 0.25) is 0 Å². The molecule has 0 aromatic rings. The van der Waals surface area contributed by atoms with Gasteiger partial charge in [0.25, 0.3) is 0 Å². The van der Waals surface area contributed by atoms with Crippen molar-refractivity contribution in [3.63, 3.8) is 0 Å². The predicted molar refractivity (Wildman–Crippen MR) is 40.1 cm³/mol. The Balaban J connectivity index is -0.000000245. The zero-order valence-corrected chi connectivity index (χ0v) is 6.18. The Hall–Kier alpha value is -0.240. The number of hydrogen-bond acceptors (Lipinski definition) is 6. The van der Waals surface area contributed by atoms with Gasteiger partial charge in [-0.15, -0.1) is 0 Å². The second kappa shape index (κ2) is 15.9. The molecule has 10 heavy (non-hydrogen) atoms. The highest BCUT2D eigenvalue weighted by molar-refractivity contribution is 4.28. The lowest BCUT2D eigenvalue weighted by molar-refractivity contribution is 0.0373. The molecule has 66 valence electrons. The molecule has 0 aromatic carbocycles. The Kier molecular flexibility index (Phi) is 26.1. The van der Waals surface area contributed by atoms with Gasteiger partial charge < -0.3 is 28.0 Å². The molecule has 0 rings (SSSR count). The molecule has 0 aliphatic heterocycles. The highest BCUT2D eigenvalue weighted by Gasteiger charge is 1.80. The molecule has 0 spiro atoms. The van der Waals surface area contributed by atoms with Crippen LogP contribution in [0.5, 0.6) is 0 Å². The average molecular weight is 154 g/mol. The minimum atomic E-state index is 0. The van der Waals surface area contributed by atoms with Crippen LogP contribution in [-0.2, 0) is 4.84 Å². The summed E-state index contributed by atoms with van der Waals surface area (Å²) >= 11 is 0. The van der Waals surface area contributed by atoms with Crippen LogP contribution < -0.4 is 23.5 Å². The third kappa shape index (κ3) is 15.7. The summed E-state index contributed by atoms with van der Waals surface area (Å²) in [7, 11) is 0. The van der Waals surface area contributed by atoms with Gasteiger partial charge in [-0.1, -0.05) is 0 Å². The first kappa shape index (κ1) is 16.4. The van der Waals surface area contributed by atoms with Crippen molar-refractivity contribution in [2.45, 2.75) is 0 Å². The smallest absolute Gasteiger partial charge is 0.0804 e. The van der Waals surface area contributed by atoms with Gasteiger partial charge in [0.05, 0.1) is 13.2 Å². The van der Waals surface area contributed by atoms with Crippen molar-refractivity contribution in [3.05, 3.63) is 0 Å². The topological polar surface area (TPSA) is 138 Å². The Bertz CT molecular complexity index is 40.2. The van der Waals surface area contributed by atoms with E-state index in [1.54, 1.807) is 0 Å². The van der Waals surface area contributed by atoms with Gasteiger partial charge in [0.1, 0.15) is 0 Å². The summed E-state index contributed by atoms with van der Waals surface area (Å²) < 4.78 is 0. The summed E-state index contributed by atoms with van der Waals surface area (Å²) in [5, 5.41) is 8.19. The van der Waals surface area contributed by atoms with Crippen molar-refractivity contribution in [1.29, 1.82) is 0 Å². The molecular weight excluding hydrogens is 136 g/mol. The predicted octanol–water partition coefficient (Wildman–Crippen LogP) is -1.22. The maximum atomic E-state index is 8.19. The fourth-order valence-electron chi connectivity index (χ4n) is 0.249. The largest absolute Gasteiger partial charge is 0.395 e. The number of nitrogens with two attached hydrogens (primary N) is 1. The number of aliphatic hydroxyl groups is 1. The molecule has 6 nitrogen and oxygen atoms in total. The first-order valence-corrected chi connectivity index (χ1v) is 2.57. The molecule has 0 saturated carbocycles. The van der Waals surface area contributed by atoms with E-state index in [2.05, 4.69) is 10.3 Å². The Labute approximate surface area is 60.9 Å². The Morgan fingerprint density at radius 2 is 2.00 bits per heavy atom. The van der Waals surface area contributed by atoms with Crippen molar-refractivity contribution in [3.8, 4) is 0 Å². The van der Waals surface area contributed by atoms with Crippen LogP contribution in [-0.4, -0.2) is 31.4 Å². The van der Waals surface area contributed by atoms with Crippen molar-refractivity contribution in [1.82, 2.24) is 17.8 Å². The van der Waals surface area contributed by atoms with Gasteiger partial charge in [-0.25, -0.2) is 5.48 Å². The van der Waals surface area contributed by atoms with Crippen LogP contribution in [0, 0.1) is 0 Å². The first-order chi connectivity index (χ1) is 3.91. The number of hydroxylamine groups is 1. The summed E-state index contributed by atoms with van der Waals surface area (Å²) in [6.45, 7) is 1.53. The molecule has 0 saturated heterocycles. The van der Waals surface area contributed by atoms with Crippen LogP contribution in [0.1, 0.15) is 0 Å². The average Bonchev–Trinajstić information content (AvgIpc) is 1.81. The molecule has 0 radical (unpaired) electrons. The third-order valence-corrected chi connectivity index (χ3v) is 0.536. The van der Waals surface area contributed by atoms with E-state index in [1.807, 2.05) is 0 Å². The van der Waals surface area contributed by atoms with Gasteiger partial charge in [-0.2, -0.15) is 0 Å². The van der Waals surface area contributed by atoms with Crippen LogP contribution in [0.3, 0.4) is 0 Å². The van der Waals surface area contributed by atoms with E-state index in [9.17, 15) is 0 Å². The number of nitrogens with one attached hydrogen (secondary N) is 1. The quantitative estimate of drug-likeness (QED) is 0.248. The highest BCUT2D eigenvalue weighted by Crippen LogP contribution is 1.60. The van der Waals surface area contributed by atoms with Crippen molar-refractivity contribution >= 4 is 0 Å². The first-order valence-electron chi connectivity index (χ1n) is 2.57. The summed E-state index contributed by atoms with van der Waals surface area (Å²) in [5.41, 5.74) is 7.59. The van der Waals surface area contributed by atoms with E-state index in [1.165, 1.54) is 0 Å². The zero-order chi connectivity index (χ0) is 6.24. The summed E-state index contributed by atoms with van der Waals surface area (Å²) in [5.74, 6) is 0. The van der Waals surface area contributed by atoms with E-state index in [0.29, 0.717) is 19.7 Å². The fraction of sp³-hybridized carbons (Fsp3) is 1.00. The maximum Gasteiger partial charge on any atom is 0.0804 e. The molecule has 0 aliphatic carbocycles. The lowest BCUT2D eigenvalue weighted by Gasteiger charge is -1.99. The fourth-order valence-corrected chi connectivity index (χ4v) is 0.249. The molecule has 0 fully saturated rings. The second-order valence-corrected chi connectivity index (χ2v) is 1.26. The molecule has 0 atom stereocenters. The molecule has 0 amide bonds. The second-order valence-electron chi connectivity index (χ2n) is 1.26. The van der Waals surface area contributed by atoms with Crippen molar-refractivity contribution in [2.75, 3.05) is 26.3 Å². The maximum absolute atomic E-state index is 8.19. The lowest BCUT2D eigenvalue weighted by Crippen LogP contribution is -2.22. The van der Waals surface area contributed by atoms with Crippen molar-refractivity contribution < 1.29 is 9.94 Å². The SMILES string of the molecule is N.N.NCCONCCO. The third-order valence-electron chi connectivity index (χ3n) is 0.536. The van der Waals surface area contributed by atoms with Crippen LogP contribution in [0.2, 0.25) is 0 Å². The zero-order valence-electron chi connectivity index (χ0n) is 6.18. The molecular formula is C4H18N4O2. The lowest BCUT2D eigenvalue weighted by atomic mass is 10.7. The van der Waals surface area contributed by atoms with Gasteiger partial charge >= 0.3 is 0 Å². The Morgan fingerprint density at radius 3 is 2.40 bits per heavy atom. The standard InChI is InChI=1S/C4H12N2O2.2H3N/c5-1-4-8-6-2-3-7;;/h6-7H,1-5H2;2*1H3. The molecule has 10 N–H and O–H groups in total. The number of rotatable bonds is 5. The minimum absolute atomic E-state index is 0. The van der Waals surface area contributed by atoms with E-state index < -0.39 is 0 Å². The van der Waals surface area contributed by atoms with E-state index in [-0.39, 0.29) is 18.9 Å². The minimum Gasteiger partial charge on any atom is -0.395 e. The summed E-state index contributed by atoms with van der Waals surface area (Å²) in [6, 6.07) is 0. The van der Waals surface area contributed by atoms with Gasteiger partial charge in [0, 0.05) is 13.1 Å². The molecule has 0 unspecified atom stereocenters. The van der Waals surface area contributed by atoms with Gasteiger partial charge in [-0.3, -0.25) is 0 Å². The van der Waals surface area contributed by atoms with Crippen LogP contribution >= 0.6 is 0 Å². The van der Waals surface area contributed by atoms with Crippen LogP contribution in [0.4, 0.5) is 0 Å².